The van der Waals surface area contributed by atoms with Gasteiger partial charge in [-0.15, -0.1) is 0 Å². The summed E-state index contributed by atoms with van der Waals surface area (Å²) in [5.74, 6) is -1.47. The van der Waals surface area contributed by atoms with Crippen LogP contribution in [0, 0.1) is 5.82 Å². The fourth-order valence-electron chi connectivity index (χ4n) is 1.48. The molecule has 92 valence electrons. The van der Waals surface area contributed by atoms with E-state index in [4.69, 9.17) is 9.84 Å². The number of benzene rings is 1. The largest absolute Gasteiger partial charge is 0.478 e. The number of halogens is 1. The minimum absolute atomic E-state index is 0.00986. The Hall–Kier alpha value is -2.43. The van der Waals surface area contributed by atoms with Crippen molar-refractivity contribution in [3.63, 3.8) is 0 Å². The van der Waals surface area contributed by atoms with Gasteiger partial charge in [-0.2, -0.15) is 0 Å². The SMILES string of the molecule is O=C(O)c1cccc(F)c1COc1ccccn1. The molecular formula is C13H10FNO3. The van der Waals surface area contributed by atoms with Crippen LogP contribution in [0.25, 0.3) is 0 Å². The molecule has 0 saturated heterocycles. The molecule has 5 heteroatoms. The number of carboxylic acid groups (broad SMARTS) is 1. The number of hydrogen-bond donors (Lipinski definition) is 1. The number of hydrogen-bond acceptors (Lipinski definition) is 3. The van der Waals surface area contributed by atoms with Crippen LogP contribution in [0.1, 0.15) is 15.9 Å². The lowest BCUT2D eigenvalue weighted by Gasteiger charge is -2.08. The molecule has 4 nitrogen and oxygen atoms in total. The van der Waals surface area contributed by atoms with Crippen LogP contribution in [0.3, 0.4) is 0 Å². The number of aromatic nitrogens is 1. The first kappa shape index (κ1) is 12.0. The van der Waals surface area contributed by atoms with Crippen LogP contribution in [-0.4, -0.2) is 16.1 Å². The molecule has 0 radical (unpaired) electrons. The second kappa shape index (κ2) is 5.27. The third-order valence-electron chi connectivity index (χ3n) is 2.35. The molecule has 1 heterocycles. The van der Waals surface area contributed by atoms with Crippen LogP contribution in [0.5, 0.6) is 5.88 Å². The summed E-state index contributed by atoms with van der Waals surface area (Å²) in [6.45, 7) is -0.175. The first-order valence-corrected chi connectivity index (χ1v) is 5.23. The van der Waals surface area contributed by atoms with E-state index in [1.165, 1.54) is 24.4 Å². The molecule has 0 spiro atoms. The summed E-state index contributed by atoms with van der Waals surface area (Å²) in [6, 6.07) is 8.94. The summed E-state index contributed by atoms with van der Waals surface area (Å²) in [5.41, 5.74) is -0.0958. The number of carboxylic acids is 1. The lowest BCUT2D eigenvalue weighted by atomic mass is 10.1. The minimum atomic E-state index is -1.19. The van der Waals surface area contributed by atoms with Gasteiger partial charge in [0.2, 0.25) is 5.88 Å². The van der Waals surface area contributed by atoms with Crippen molar-refractivity contribution in [2.45, 2.75) is 6.61 Å². The first-order chi connectivity index (χ1) is 8.68. The zero-order valence-corrected chi connectivity index (χ0v) is 9.34. The number of carbonyl (C=O) groups is 1. The first-order valence-electron chi connectivity index (χ1n) is 5.23. The molecule has 2 aromatic rings. The van der Waals surface area contributed by atoms with E-state index < -0.39 is 11.8 Å². The topological polar surface area (TPSA) is 59.4 Å². The van der Waals surface area contributed by atoms with Gasteiger partial charge >= 0.3 is 5.97 Å². The van der Waals surface area contributed by atoms with Gasteiger partial charge in [0.15, 0.2) is 0 Å². The van der Waals surface area contributed by atoms with E-state index in [2.05, 4.69) is 4.98 Å². The fourth-order valence-corrected chi connectivity index (χ4v) is 1.48. The van der Waals surface area contributed by atoms with Crippen molar-refractivity contribution in [1.29, 1.82) is 0 Å². The average Bonchev–Trinajstić information content (AvgIpc) is 2.38. The van der Waals surface area contributed by atoms with Crippen molar-refractivity contribution in [2.24, 2.45) is 0 Å². The smallest absolute Gasteiger partial charge is 0.336 e. The number of aromatic carboxylic acids is 1. The average molecular weight is 247 g/mol. The van der Waals surface area contributed by atoms with Gasteiger partial charge in [-0.1, -0.05) is 12.1 Å². The maximum Gasteiger partial charge on any atom is 0.336 e. The summed E-state index contributed by atoms with van der Waals surface area (Å²) >= 11 is 0. The number of rotatable bonds is 4. The van der Waals surface area contributed by atoms with Crippen LogP contribution in [-0.2, 0) is 6.61 Å². The molecule has 1 N–H and O–H groups in total. The van der Waals surface area contributed by atoms with Gasteiger partial charge in [-0.25, -0.2) is 14.2 Å². The zero-order valence-electron chi connectivity index (χ0n) is 9.34. The van der Waals surface area contributed by atoms with E-state index in [0.29, 0.717) is 5.88 Å². The maximum atomic E-state index is 13.5. The van der Waals surface area contributed by atoms with Crippen molar-refractivity contribution < 1.29 is 19.0 Å². The third kappa shape index (κ3) is 2.63. The molecule has 0 aliphatic carbocycles. The molecule has 0 aliphatic rings. The van der Waals surface area contributed by atoms with Gasteiger partial charge in [-0.05, 0) is 18.2 Å². The molecule has 0 unspecified atom stereocenters. The zero-order chi connectivity index (χ0) is 13.0. The van der Waals surface area contributed by atoms with E-state index in [9.17, 15) is 9.18 Å². The number of nitrogens with zero attached hydrogens (tertiary/aromatic N) is 1. The van der Waals surface area contributed by atoms with Gasteiger partial charge in [0.25, 0.3) is 0 Å². The van der Waals surface area contributed by atoms with Crippen molar-refractivity contribution >= 4 is 5.97 Å². The van der Waals surface area contributed by atoms with Crippen LogP contribution in [0.15, 0.2) is 42.6 Å². The molecule has 0 fully saturated rings. The molecule has 0 amide bonds. The van der Waals surface area contributed by atoms with Gasteiger partial charge < -0.3 is 9.84 Å². The second-order valence-corrected chi connectivity index (χ2v) is 3.53. The Morgan fingerprint density at radius 1 is 1.28 bits per heavy atom. The Morgan fingerprint density at radius 3 is 2.78 bits per heavy atom. The van der Waals surface area contributed by atoms with Crippen molar-refractivity contribution in [1.82, 2.24) is 4.98 Å². The van der Waals surface area contributed by atoms with Crippen LogP contribution in [0.4, 0.5) is 4.39 Å². The van der Waals surface area contributed by atoms with Gasteiger partial charge in [0.05, 0.1) is 5.56 Å². The van der Waals surface area contributed by atoms with E-state index in [1.807, 2.05) is 0 Å². The monoisotopic (exact) mass is 247 g/mol. The van der Waals surface area contributed by atoms with Crippen LogP contribution < -0.4 is 4.74 Å². The standard InChI is InChI=1S/C13H10FNO3/c14-11-5-3-4-9(13(16)17)10(11)8-18-12-6-1-2-7-15-12/h1-7H,8H2,(H,16,17). The molecule has 1 aromatic heterocycles. The predicted molar refractivity (Wildman–Crippen MR) is 61.9 cm³/mol. The molecule has 18 heavy (non-hydrogen) atoms. The molecular weight excluding hydrogens is 237 g/mol. The van der Waals surface area contributed by atoms with Gasteiger partial charge in [0, 0.05) is 17.8 Å². The number of pyridine rings is 1. The highest BCUT2D eigenvalue weighted by atomic mass is 19.1. The summed E-state index contributed by atoms with van der Waals surface area (Å²) < 4.78 is 18.8. The van der Waals surface area contributed by atoms with Gasteiger partial charge in [0.1, 0.15) is 12.4 Å². The lowest BCUT2D eigenvalue weighted by Crippen LogP contribution is -2.08. The maximum absolute atomic E-state index is 13.5. The Balaban J connectivity index is 2.21. The van der Waals surface area contributed by atoms with E-state index >= 15 is 0 Å². The third-order valence-corrected chi connectivity index (χ3v) is 2.35. The summed E-state index contributed by atoms with van der Waals surface area (Å²) in [7, 11) is 0. The highest BCUT2D eigenvalue weighted by molar-refractivity contribution is 5.89. The summed E-state index contributed by atoms with van der Waals surface area (Å²) in [4.78, 5) is 14.9. The lowest BCUT2D eigenvalue weighted by molar-refractivity contribution is 0.0693. The van der Waals surface area contributed by atoms with E-state index in [-0.39, 0.29) is 17.7 Å². The Bertz CT molecular complexity index is 557. The predicted octanol–water partition coefficient (Wildman–Crippen LogP) is 2.50. The van der Waals surface area contributed by atoms with Crippen molar-refractivity contribution in [2.75, 3.05) is 0 Å². The molecule has 0 atom stereocenters. The van der Waals surface area contributed by atoms with Crippen molar-refractivity contribution in [3.8, 4) is 5.88 Å². The second-order valence-electron chi connectivity index (χ2n) is 3.53. The van der Waals surface area contributed by atoms with Crippen LogP contribution in [0.2, 0.25) is 0 Å². The summed E-state index contributed by atoms with van der Waals surface area (Å²) in [6.07, 6.45) is 1.54. The molecule has 0 bridgehead atoms. The Kier molecular flexibility index (Phi) is 3.52. The molecule has 0 aliphatic heterocycles. The molecule has 0 saturated carbocycles. The highest BCUT2D eigenvalue weighted by Crippen LogP contribution is 2.16. The van der Waals surface area contributed by atoms with E-state index in [1.54, 1.807) is 18.2 Å². The number of ether oxygens (including phenoxy) is 1. The van der Waals surface area contributed by atoms with Gasteiger partial charge in [-0.3, -0.25) is 0 Å². The Labute approximate surface area is 103 Å². The normalized spacial score (nSPS) is 10.1. The van der Waals surface area contributed by atoms with Crippen LogP contribution >= 0.6 is 0 Å². The van der Waals surface area contributed by atoms with Crippen molar-refractivity contribution in [3.05, 3.63) is 59.5 Å². The highest BCUT2D eigenvalue weighted by Gasteiger charge is 2.14. The summed E-state index contributed by atoms with van der Waals surface area (Å²) in [5, 5.41) is 8.95. The molecule has 1 aromatic carbocycles. The molecule has 2 rings (SSSR count). The Morgan fingerprint density at radius 2 is 2.11 bits per heavy atom. The quantitative estimate of drug-likeness (QED) is 0.901. The fraction of sp³-hybridized carbons (Fsp3) is 0.0769. The van der Waals surface area contributed by atoms with E-state index in [0.717, 1.165) is 0 Å². The minimum Gasteiger partial charge on any atom is -0.478 e.